The topological polar surface area (TPSA) is 48.5 Å². The van der Waals surface area contributed by atoms with Crippen LogP contribution in [-0.4, -0.2) is 55.1 Å². The van der Waals surface area contributed by atoms with E-state index in [-0.39, 0.29) is 30.7 Å². The second-order valence-corrected chi connectivity index (χ2v) is 7.13. The van der Waals surface area contributed by atoms with Gasteiger partial charge in [-0.15, -0.1) is 24.8 Å². The number of aromatic nitrogens is 1. The Morgan fingerprint density at radius 3 is 2.50 bits per heavy atom. The predicted molar refractivity (Wildman–Crippen MR) is 112 cm³/mol. The van der Waals surface area contributed by atoms with Gasteiger partial charge in [0.05, 0.1) is 6.54 Å². The van der Waals surface area contributed by atoms with Crippen LogP contribution in [0.1, 0.15) is 32.6 Å². The third-order valence-corrected chi connectivity index (χ3v) is 5.21. The fourth-order valence-electron chi connectivity index (χ4n) is 3.42. The molecule has 26 heavy (non-hydrogen) atoms. The summed E-state index contributed by atoms with van der Waals surface area (Å²) in [5.41, 5.74) is 0. The van der Waals surface area contributed by atoms with Gasteiger partial charge >= 0.3 is 0 Å². The predicted octanol–water partition coefficient (Wildman–Crippen LogP) is 2.99. The van der Waals surface area contributed by atoms with Crippen LogP contribution in [0.15, 0.2) is 24.4 Å². The number of anilines is 1. The van der Waals surface area contributed by atoms with E-state index in [1.54, 1.807) is 0 Å². The first-order chi connectivity index (χ1) is 11.8. The van der Waals surface area contributed by atoms with Crippen molar-refractivity contribution in [1.29, 1.82) is 0 Å². The molecule has 2 heterocycles. The molecule has 1 saturated heterocycles. The highest BCUT2D eigenvalue weighted by Crippen LogP contribution is 2.27. The summed E-state index contributed by atoms with van der Waals surface area (Å²) in [6, 6.07) is 6.08. The maximum atomic E-state index is 12.4. The Kier molecular flexibility index (Phi) is 10.3. The average molecular weight is 403 g/mol. The smallest absolute Gasteiger partial charge is 0.236 e. The van der Waals surface area contributed by atoms with Crippen molar-refractivity contribution in [3.05, 3.63) is 24.4 Å². The number of hydrogen-bond acceptors (Lipinski definition) is 4. The molecular weight excluding hydrogens is 371 g/mol. The highest BCUT2D eigenvalue weighted by Gasteiger charge is 2.24. The Morgan fingerprint density at radius 1 is 1.19 bits per heavy atom. The van der Waals surface area contributed by atoms with E-state index in [0.29, 0.717) is 12.5 Å². The highest BCUT2D eigenvalue weighted by molar-refractivity contribution is 5.85. The minimum absolute atomic E-state index is 0. The number of halogens is 2. The summed E-state index contributed by atoms with van der Waals surface area (Å²) in [7, 11) is 0. The van der Waals surface area contributed by atoms with Crippen LogP contribution in [0.5, 0.6) is 0 Å². The normalized spacial score (nSPS) is 17.2. The van der Waals surface area contributed by atoms with Crippen LogP contribution in [0, 0.1) is 11.8 Å². The first-order valence-corrected chi connectivity index (χ1v) is 9.40. The summed E-state index contributed by atoms with van der Waals surface area (Å²) in [5.74, 6) is 2.76. The number of likely N-dealkylation sites (N-methyl/N-ethyl adjacent to an activating group) is 1. The molecule has 1 aliphatic carbocycles. The second kappa shape index (κ2) is 11.6. The number of pyridine rings is 1. The van der Waals surface area contributed by atoms with Gasteiger partial charge in [-0.2, -0.15) is 0 Å². The summed E-state index contributed by atoms with van der Waals surface area (Å²) in [6.07, 6.45) is 6.78. The number of rotatable bonds is 8. The number of hydrogen-bond donors (Lipinski definition) is 1. The lowest BCUT2D eigenvalue weighted by Crippen LogP contribution is -2.44. The molecule has 148 valence electrons. The van der Waals surface area contributed by atoms with Crippen LogP contribution in [0.25, 0.3) is 0 Å². The molecule has 0 bridgehead atoms. The van der Waals surface area contributed by atoms with Crippen LogP contribution in [-0.2, 0) is 4.79 Å². The third kappa shape index (κ3) is 6.93. The van der Waals surface area contributed by atoms with Gasteiger partial charge < -0.3 is 15.1 Å². The van der Waals surface area contributed by atoms with Crippen molar-refractivity contribution in [2.45, 2.75) is 32.6 Å². The van der Waals surface area contributed by atoms with E-state index in [0.717, 1.165) is 57.3 Å². The van der Waals surface area contributed by atoms with Gasteiger partial charge in [-0.05, 0) is 63.1 Å². The molecule has 7 heteroatoms. The third-order valence-electron chi connectivity index (χ3n) is 5.21. The van der Waals surface area contributed by atoms with Gasteiger partial charge in [-0.25, -0.2) is 4.98 Å². The quantitative estimate of drug-likeness (QED) is 0.725. The molecule has 1 saturated carbocycles. The molecule has 2 fully saturated rings. The van der Waals surface area contributed by atoms with Crippen molar-refractivity contribution < 1.29 is 4.79 Å². The lowest BCUT2D eigenvalue weighted by atomic mass is 9.96. The summed E-state index contributed by atoms with van der Waals surface area (Å²) in [5, 5.41) is 3.32. The van der Waals surface area contributed by atoms with E-state index in [1.165, 1.54) is 12.8 Å². The van der Waals surface area contributed by atoms with Crippen LogP contribution < -0.4 is 10.2 Å². The Hall–Kier alpha value is -1.04. The minimum atomic E-state index is 0. The molecule has 0 atom stereocenters. The number of amides is 1. The maximum absolute atomic E-state index is 12.4. The van der Waals surface area contributed by atoms with Crippen molar-refractivity contribution >= 4 is 36.5 Å². The molecule has 1 aromatic rings. The monoisotopic (exact) mass is 402 g/mol. The summed E-state index contributed by atoms with van der Waals surface area (Å²) >= 11 is 0. The first-order valence-electron chi connectivity index (χ1n) is 9.40. The first kappa shape index (κ1) is 23.0. The Labute approximate surface area is 169 Å². The van der Waals surface area contributed by atoms with Crippen molar-refractivity contribution in [1.82, 2.24) is 15.2 Å². The Balaban J connectivity index is 0.00000169. The SMILES string of the molecule is CCN(CC1CCN(c2ccccn2)CC1)C(=O)CNCC1CC1.Cl.Cl. The van der Waals surface area contributed by atoms with E-state index in [2.05, 4.69) is 28.2 Å². The van der Waals surface area contributed by atoms with Crippen molar-refractivity contribution in [3.63, 3.8) is 0 Å². The summed E-state index contributed by atoms with van der Waals surface area (Å²) in [6.45, 7) is 7.37. The van der Waals surface area contributed by atoms with Crippen LogP contribution in [0.4, 0.5) is 5.82 Å². The fourth-order valence-corrected chi connectivity index (χ4v) is 3.42. The van der Waals surface area contributed by atoms with Gasteiger partial charge in [-0.1, -0.05) is 6.07 Å². The van der Waals surface area contributed by atoms with Gasteiger partial charge in [0.1, 0.15) is 5.82 Å². The van der Waals surface area contributed by atoms with E-state index in [4.69, 9.17) is 0 Å². The van der Waals surface area contributed by atoms with Crippen LogP contribution in [0.3, 0.4) is 0 Å². The van der Waals surface area contributed by atoms with E-state index in [1.807, 2.05) is 23.2 Å². The average Bonchev–Trinajstić information content (AvgIpc) is 3.45. The zero-order chi connectivity index (χ0) is 16.8. The van der Waals surface area contributed by atoms with Crippen molar-refractivity contribution in [2.24, 2.45) is 11.8 Å². The zero-order valence-corrected chi connectivity index (χ0v) is 17.2. The largest absolute Gasteiger partial charge is 0.357 e. The van der Waals surface area contributed by atoms with Gasteiger partial charge in [0, 0.05) is 32.4 Å². The van der Waals surface area contributed by atoms with Crippen molar-refractivity contribution in [3.8, 4) is 0 Å². The second-order valence-electron chi connectivity index (χ2n) is 7.13. The molecule has 0 aromatic carbocycles. The van der Waals surface area contributed by atoms with E-state index >= 15 is 0 Å². The standard InChI is InChI=1S/C19H30N4O.2ClH/c1-2-22(19(24)14-20-13-16-6-7-16)15-17-8-11-23(12-9-17)18-5-3-4-10-21-18;;/h3-5,10,16-17,20H,2,6-9,11-15H2,1H3;2*1H. The summed E-state index contributed by atoms with van der Waals surface area (Å²) < 4.78 is 0. The maximum Gasteiger partial charge on any atom is 0.236 e. The van der Waals surface area contributed by atoms with Gasteiger partial charge in [0.15, 0.2) is 0 Å². The molecule has 5 nitrogen and oxygen atoms in total. The van der Waals surface area contributed by atoms with Gasteiger partial charge in [0.2, 0.25) is 5.91 Å². The molecule has 1 amide bonds. The van der Waals surface area contributed by atoms with Gasteiger partial charge in [0.25, 0.3) is 0 Å². The van der Waals surface area contributed by atoms with Crippen LogP contribution in [0.2, 0.25) is 0 Å². The Bertz CT molecular complexity index is 520. The molecule has 0 unspecified atom stereocenters. The number of nitrogens with zero attached hydrogens (tertiary/aromatic N) is 3. The van der Waals surface area contributed by atoms with Gasteiger partial charge in [-0.3, -0.25) is 4.79 Å². The number of carbonyl (C=O) groups is 1. The fraction of sp³-hybridized carbons (Fsp3) is 0.684. The molecule has 1 N–H and O–H groups in total. The molecule has 1 aliphatic heterocycles. The molecule has 1 aromatic heterocycles. The van der Waals surface area contributed by atoms with Crippen molar-refractivity contribution in [2.75, 3.05) is 44.2 Å². The minimum Gasteiger partial charge on any atom is -0.357 e. The number of nitrogens with one attached hydrogen (secondary N) is 1. The molecule has 0 radical (unpaired) electrons. The Morgan fingerprint density at radius 2 is 1.92 bits per heavy atom. The molecular formula is C19H32Cl2N4O. The molecule has 2 aliphatic rings. The highest BCUT2D eigenvalue weighted by atomic mass is 35.5. The molecule has 3 rings (SSSR count). The zero-order valence-electron chi connectivity index (χ0n) is 15.6. The lowest BCUT2D eigenvalue weighted by Gasteiger charge is -2.35. The van der Waals surface area contributed by atoms with E-state index < -0.39 is 0 Å². The van der Waals surface area contributed by atoms with E-state index in [9.17, 15) is 4.79 Å². The lowest BCUT2D eigenvalue weighted by molar-refractivity contribution is -0.130. The molecule has 0 spiro atoms. The number of piperidine rings is 1. The van der Waals surface area contributed by atoms with Crippen LogP contribution >= 0.6 is 24.8 Å². The number of carbonyl (C=O) groups excluding carboxylic acids is 1. The summed E-state index contributed by atoms with van der Waals surface area (Å²) in [4.78, 5) is 21.2.